The Balaban J connectivity index is 2.03. The highest BCUT2D eigenvalue weighted by atomic mass is 35.5. The molecule has 1 aliphatic rings. The van der Waals surface area contributed by atoms with Crippen molar-refractivity contribution in [1.82, 2.24) is 4.90 Å². The van der Waals surface area contributed by atoms with Crippen molar-refractivity contribution in [1.29, 1.82) is 0 Å². The molecule has 0 radical (unpaired) electrons. The maximum absolute atomic E-state index is 13.4. The molecule has 3 rings (SSSR count). The van der Waals surface area contributed by atoms with Crippen LogP contribution < -0.4 is 0 Å². The molecule has 0 bridgehead atoms. The predicted octanol–water partition coefficient (Wildman–Crippen LogP) is 4.72. The number of ether oxygens (including phenoxy) is 1. The third-order valence-corrected chi connectivity index (χ3v) is 6.32. The first-order valence-corrected chi connectivity index (χ1v) is 10.4. The van der Waals surface area contributed by atoms with E-state index in [4.69, 9.17) is 27.9 Å². The standard InChI is InChI=1S/C19H16Cl2N2O5S/c1-2-28-19(25)16-10-29-18(13-5-3-4-6-14(13)20)22(16)17(24)12-8-7-11(23(26)27)9-15(12)21/h3-9,16,18H,2,10H2,1H3. The first kappa shape index (κ1) is 21.4. The fraction of sp³-hybridized carbons (Fsp3) is 0.263. The van der Waals surface area contributed by atoms with Gasteiger partial charge in [-0.1, -0.05) is 41.4 Å². The molecule has 7 nitrogen and oxygen atoms in total. The van der Waals surface area contributed by atoms with Gasteiger partial charge >= 0.3 is 5.97 Å². The summed E-state index contributed by atoms with van der Waals surface area (Å²) in [6, 6.07) is 9.82. The molecular weight excluding hydrogens is 439 g/mol. The number of nitro groups is 1. The lowest BCUT2D eigenvalue weighted by Gasteiger charge is -2.29. The zero-order chi connectivity index (χ0) is 21.1. The summed E-state index contributed by atoms with van der Waals surface area (Å²) in [5, 5.41) is 10.8. The van der Waals surface area contributed by atoms with Crippen molar-refractivity contribution in [2.24, 2.45) is 0 Å². The van der Waals surface area contributed by atoms with E-state index in [1.54, 1.807) is 31.2 Å². The van der Waals surface area contributed by atoms with Crippen molar-refractivity contribution in [2.45, 2.75) is 18.3 Å². The lowest BCUT2D eigenvalue weighted by atomic mass is 10.1. The van der Waals surface area contributed by atoms with Gasteiger partial charge < -0.3 is 9.64 Å². The molecule has 2 aromatic carbocycles. The summed E-state index contributed by atoms with van der Waals surface area (Å²) in [6.45, 7) is 1.86. The van der Waals surface area contributed by atoms with Gasteiger partial charge in [0, 0.05) is 28.5 Å². The molecule has 2 unspecified atom stereocenters. The Labute approximate surface area is 181 Å². The van der Waals surface area contributed by atoms with Crippen molar-refractivity contribution >= 4 is 52.5 Å². The number of benzene rings is 2. The average Bonchev–Trinajstić information content (AvgIpc) is 3.12. The maximum atomic E-state index is 13.4. The van der Waals surface area contributed by atoms with Crippen LogP contribution in [0, 0.1) is 10.1 Å². The number of nitro benzene ring substituents is 1. The van der Waals surface area contributed by atoms with Crippen LogP contribution in [-0.2, 0) is 9.53 Å². The molecule has 1 saturated heterocycles. The Bertz CT molecular complexity index is 971. The number of rotatable bonds is 5. The van der Waals surface area contributed by atoms with Crippen molar-refractivity contribution in [3.8, 4) is 0 Å². The minimum absolute atomic E-state index is 0.0612. The molecule has 2 atom stereocenters. The lowest BCUT2D eigenvalue weighted by molar-refractivity contribution is -0.384. The Kier molecular flexibility index (Phi) is 6.66. The molecule has 0 N–H and O–H groups in total. The van der Waals surface area contributed by atoms with Crippen LogP contribution in [0.25, 0.3) is 0 Å². The number of hydrogen-bond donors (Lipinski definition) is 0. The Morgan fingerprint density at radius 2 is 1.97 bits per heavy atom. The minimum Gasteiger partial charge on any atom is -0.464 e. The second-order valence-electron chi connectivity index (χ2n) is 6.11. The molecule has 1 amide bonds. The first-order valence-electron chi connectivity index (χ1n) is 8.64. The zero-order valence-electron chi connectivity index (χ0n) is 15.2. The van der Waals surface area contributed by atoms with E-state index in [-0.39, 0.29) is 22.9 Å². The molecule has 1 aliphatic heterocycles. The van der Waals surface area contributed by atoms with Gasteiger partial charge in [-0.2, -0.15) is 0 Å². The highest BCUT2D eigenvalue weighted by molar-refractivity contribution is 7.99. The van der Waals surface area contributed by atoms with Gasteiger partial charge in [0.1, 0.15) is 11.4 Å². The molecule has 10 heteroatoms. The Morgan fingerprint density at radius 1 is 1.24 bits per heavy atom. The van der Waals surface area contributed by atoms with Gasteiger partial charge in [-0.3, -0.25) is 14.9 Å². The van der Waals surface area contributed by atoms with Crippen LogP contribution in [0.5, 0.6) is 0 Å². The largest absolute Gasteiger partial charge is 0.464 e. The van der Waals surface area contributed by atoms with Crippen LogP contribution in [0.2, 0.25) is 10.0 Å². The van der Waals surface area contributed by atoms with E-state index in [2.05, 4.69) is 0 Å². The third-order valence-electron chi connectivity index (χ3n) is 4.36. The van der Waals surface area contributed by atoms with Crippen molar-refractivity contribution in [3.63, 3.8) is 0 Å². The van der Waals surface area contributed by atoms with Crippen LogP contribution >= 0.6 is 35.0 Å². The number of hydrogen-bond acceptors (Lipinski definition) is 6. The van der Waals surface area contributed by atoms with Crippen molar-refractivity contribution in [2.75, 3.05) is 12.4 Å². The van der Waals surface area contributed by atoms with Gasteiger partial charge in [-0.25, -0.2) is 4.79 Å². The van der Waals surface area contributed by atoms with E-state index in [9.17, 15) is 19.7 Å². The summed E-state index contributed by atoms with van der Waals surface area (Å²) in [5.74, 6) is -0.732. The maximum Gasteiger partial charge on any atom is 0.329 e. The Morgan fingerprint density at radius 3 is 2.59 bits per heavy atom. The molecule has 0 aliphatic carbocycles. The number of nitrogens with zero attached hydrogens (tertiary/aromatic N) is 2. The van der Waals surface area contributed by atoms with Gasteiger partial charge in [0.05, 0.1) is 22.1 Å². The summed E-state index contributed by atoms with van der Waals surface area (Å²) in [7, 11) is 0. The van der Waals surface area contributed by atoms with E-state index in [1.165, 1.54) is 28.8 Å². The van der Waals surface area contributed by atoms with E-state index in [0.29, 0.717) is 16.3 Å². The van der Waals surface area contributed by atoms with Gasteiger partial charge in [0.2, 0.25) is 0 Å². The molecule has 0 aromatic heterocycles. The SMILES string of the molecule is CCOC(=O)C1CSC(c2ccccc2Cl)N1C(=O)c1ccc([N+](=O)[O-])cc1Cl. The average molecular weight is 455 g/mol. The summed E-state index contributed by atoms with van der Waals surface area (Å²) in [4.78, 5) is 37.6. The third kappa shape index (κ3) is 4.34. The normalized spacial score (nSPS) is 18.5. The number of carbonyl (C=O) groups is 2. The number of amides is 1. The zero-order valence-corrected chi connectivity index (χ0v) is 17.5. The summed E-state index contributed by atoms with van der Waals surface area (Å²) < 4.78 is 5.14. The number of non-ortho nitro benzene ring substituents is 1. The summed E-state index contributed by atoms with van der Waals surface area (Å²) in [5.41, 5.74) is 0.510. The van der Waals surface area contributed by atoms with E-state index in [0.717, 1.165) is 6.07 Å². The summed E-state index contributed by atoms with van der Waals surface area (Å²) in [6.07, 6.45) is 0. The van der Waals surface area contributed by atoms with E-state index < -0.39 is 28.2 Å². The predicted molar refractivity (Wildman–Crippen MR) is 111 cm³/mol. The number of thioether (sulfide) groups is 1. The molecular formula is C19H16Cl2N2O5S. The van der Waals surface area contributed by atoms with Crippen LogP contribution in [0.3, 0.4) is 0 Å². The molecule has 1 heterocycles. The van der Waals surface area contributed by atoms with Gasteiger partial charge in [-0.15, -0.1) is 11.8 Å². The topological polar surface area (TPSA) is 89.8 Å². The fourth-order valence-electron chi connectivity index (χ4n) is 3.02. The number of carbonyl (C=O) groups excluding carboxylic acids is 2. The summed E-state index contributed by atoms with van der Waals surface area (Å²) >= 11 is 13.9. The number of halogens is 2. The molecule has 0 spiro atoms. The molecule has 1 fully saturated rings. The first-order chi connectivity index (χ1) is 13.8. The van der Waals surface area contributed by atoms with Gasteiger partial charge in [0.15, 0.2) is 0 Å². The molecule has 2 aromatic rings. The van der Waals surface area contributed by atoms with Crippen LogP contribution in [0.4, 0.5) is 5.69 Å². The van der Waals surface area contributed by atoms with Gasteiger partial charge in [0.25, 0.3) is 11.6 Å². The molecule has 152 valence electrons. The molecule has 0 saturated carbocycles. The van der Waals surface area contributed by atoms with Gasteiger partial charge in [-0.05, 0) is 19.1 Å². The Hall–Kier alpha value is -2.29. The van der Waals surface area contributed by atoms with Crippen molar-refractivity contribution in [3.05, 3.63) is 73.8 Å². The number of esters is 1. The van der Waals surface area contributed by atoms with E-state index >= 15 is 0 Å². The highest BCUT2D eigenvalue weighted by Gasteiger charge is 2.44. The van der Waals surface area contributed by atoms with E-state index in [1.807, 2.05) is 0 Å². The minimum atomic E-state index is -0.833. The van der Waals surface area contributed by atoms with Crippen molar-refractivity contribution < 1.29 is 19.2 Å². The quantitative estimate of drug-likeness (QED) is 0.368. The van der Waals surface area contributed by atoms with Crippen LogP contribution in [-0.4, -0.2) is 40.1 Å². The fourth-order valence-corrected chi connectivity index (χ4v) is 5.03. The monoisotopic (exact) mass is 454 g/mol. The lowest BCUT2D eigenvalue weighted by Crippen LogP contribution is -2.44. The second-order valence-corrected chi connectivity index (χ2v) is 8.04. The van der Waals surface area contributed by atoms with Crippen LogP contribution in [0.15, 0.2) is 42.5 Å². The molecule has 29 heavy (non-hydrogen) atoms. The van der Waals surface area contributed by atoms with Crippen LogP contribution in [0.1, 0.15) is 28.2 Å². The highest BCUT2D eigenvalue weighted by Crippen LogP contribution is 2.45. The smallest absolute Gasteiger partial charge is 0.329 e. The second kappa shape index (κ2) is 9.02.